The van der Waals surface area contributed by atoms with E-state index in [0.717, 1.165) is 35.5 Å². The van der Waals surface area contributed by atoms with E-state index >= 15 is 0 Å². The van der Waals surface area contributed by atoms with E-state index in [2.05, 4.69) is 25.5 Å². The van der Waals surface area contributed by atoms with Crippen molar-refractivity contribution in [2.24, 2.45) is 0 Å². The number of fused-ring (bicyclic) bond motifs is 3. The number of amides is 1. The number of hydrogen-bond acceptors (Lipinski definition) is 5. The topological polar surface area (TPSA) is 97.2 Å². The Morgan fingerprint density at radius 2 is 2.17 bits per heavy atom. The third-order valence-corrected chi connectivity index (χ3v) is 4.19. The quantitative estimate of drug-likeness (QED) is 0.753. The summed E-state index contributed by atoms with van der Waals surface area (Å²) in [6, 6.07) is 2.08. The second-order valence-electron chi connectivity index (χ2n) is 7.23. The monoisotopic (exact) mass is 328 g/mol. The number of carbonyl (C=O) groups is 1. The first-order chi connectivity index (χ1) is 11.4. The zero-order chi connectivity index (χ0) is 16.9. The zero-order valence-electron chi connectivity index (χ0n) is 13.9. The van der Waals surface area contributed by atoms with Gasteiger partial charge in [-0.1, -0.05) is 0 Å². The Balaban J connectivity index is 1.48. The van der Waals surface area contributed by atoms with Crippen molar-refractivity contribution in [2.75, 3.05) is 0 Å². The van der Waals surface area contributed by atoms with Gasteiger partial charge in [-0.05, 0) is 39.7 Å². The molecule has 1 aliphatic carbocycles. The second-order valence-corrected chi connectivity index (χ2v) is 7.23. The van der Waals surface area contributed by atoms with Crippen molar-refractivity contribution < 1.29 is 9.53 Å². The average Bonchev–Trinajstić information content (AvgIpc) is 3.05. The minimum Gasteiger partial charge on any atom is -0.444 e. The first kappa shape index (κ1) is 14.9. The SMILES string of the molecule is CC(C)(C)OC(=O)NC1CC(c2nnc3cnc4[nH]ccc4n23)C1. The fraction of sp³-hybridized carbons (Fsp3) is 0.500. The molecule has 4 rings (SSSR count). The van der Waals surface area contributed by atoms with Gasteiger partial charge in [-0.25, -0.2) is 9.78 Å². The van der Waals surface area contributed by atoms with E-state index < -0.39 is 5.60 Å². The molecule has 0 aromatic carbocycles. The van der Waals surface area contributed by atoms with Gasteiger partial charge in [0, 0.05) is 18.2 Å². The molecule has 2 N–H and O–H groups in total. The van der Waals surface area contributed by atoms with Gasteiger partial charge in [-0.2, -0.15) is 0 Å². The standard InChI is InChI=1S/C16H20N6O2/c1-16(2,3)24-15(23)19-10-6-9(7-10)14-21-20-12-8-18-13-11(22(12)14)4-5-17-13/h4-5,8-10,17H,6-7H2,1-3H3,(H,19,23). The highest BCUT2D eigenvalue weighted by molar-refractivity contribution is 5.74. The van der Waals surface area contributed by atoms with Gasteiger partial charge in [0.2, 0.25) is 0 Å². The molecule has 1 amide bonds. The molecule has 0 radical (unpaired) electrons. The van der Waals surface area contributed by atoms with Crippen molar-refractivity contribution >= 4 is 22.9 Å². The molecule has 1 fully saturated rings. The maximum atomic E-state index is 11.8. The largest absolute Gasteiger partial charge is 0.444 e. The van der Waals surface area contributed by atoms with Gasteiger partial charge in [0.05, 0.1) is 11.7 Å². The molecule has 126 valence electrons. The molecule has 8 nitrogen and oxygen atoms in total. The lowest BCUT2D eigenvalue weighted by molar-refractivity contribution is 0.0469. The summed E-state index contributed by atoms with van der Waals surface area (Å²) < 4.78 is 7.33. The lowest BCUT2D eigenvalue weighted by atomic mass is 9.79. The average molecular weight is 328 g/mol. The van der Waals surface area contributed by atoms with Crippen LogP contribution in [0.1, 0.15) is 45.4 Å². The number of aromatic nitrogens is 5. The molecule has 24 heavy (non-hydrogen) atoms. The molecular weight excluding hydrogens is 308 g/mol. The highest BCUT2D eigenvalue weighted by Crippen LogP contribution is 2.36. The van der Waals surface area contributed by atoms with Crippen LogP contribution in [0, 0.1) is 0 Å². The van der Waals surface area contributed by atoms with Gasteiger partial charge in [0.15, 0.2) is 11.3 Å². The molecule has 8 heteroatoms. The Bertz CT molecular complexity index is 900. The molecule has 3 aromatic rings. The number of carbonyl (C=O) groups excluding carboxylic acids is 1. The number of rotatable bonds is 2. The Kier molecular flexibility index (Phi) is 3.22. The third-order valence-electron chi connectivity index (χ3n) is 4.19. The van der Waals surface area contributed by atoms with E-state index in [0.29, 0.717) is 0 Å². The summed E-state index contributed by atoms with van der Waals surface area (Å²) in [6.07, 6.45) is 4.86. The maximum Gasteiger partial charge on any atom is 0.407 e. The lowest BCUT2D eigenvalue weighted by Crippen LogP contribution is -2.45. The number of nitrogens with zero attached hydrogens (tertiary/aromatic N) is 4. The Hall–Kier alpha value is -2.64. The summed E-state index contributed by atoms with van der Waals surface area (Å²) in [5.74, 6) is 1.18. The highest BCUT2D eigenvalue weighted by atomic mass is 16.6. The van der Waals surface area contributed by atoms with Gasteiger partial charge in [-0.3, -0.25) is 4.40 Å². The summed E-state index contributed by atoms with van der Waals surface area (Å²) in [5, 5.41) is 11.5. The van der Waals surface area contributed by atoms with E-state index in [1.165, 1.54) is 0 Å². The molecule has 0 bridgehead atoms. The number of ether oxygens (including phenoxy) is 1. The Morgan fingerprint density at radius 1 is 1.38 bits per heavy atom. The van der Waals surface area contributed by atoms with Crippen LogP contribution in [-0.2, 0) is 4.74 Å². The van der Waals surface area contributed by atoms with Gasteiger partial charge >= 0.3 is 6.09 Å². The van der Waals surface area contributed by atoms with Crippen LogP contribution in [0.25, 0.3) is 16.8 Å². The van der Waals surface area contributed by atoms with Crippen molar-refractivity contribution in [3.05, 3.63) is 24.3 Å². The van der Waals surface area contributed by atoms with Crippen molar-refractivity contribution in [3.8, 4) is 0 Å². The number of aromatic amines is 1. The number of alkyl carbamates (subject to hydrolysis) is 1. The molecule has 3 aromatic heterocycles. The van der Waals surface area contributed by atoms with Crippen LogP contribution in [0.3, 0.4) is 0 Å². The number of nitrogens with one attached hydrogen (secondary N) is 2. The van der Waals surface area contributed by atoms with Crippen LogP contribution in [0.4, 0.5) is 4.79 Å². The van der Waals surface area contributed by atoms with Crippen molar-refractivity contribution in [1.82, 2.24) is 29.9 Å². The summed E-state index contributed by atoms with van der Waals surface area (Å²) in [5.41, 5.74) is 2.03. The molecule has 0 spiro atoms. The number of hydrogen-bond donors (Lipinski definition) is 2. The smallest absolute Gasteiger partial charge is 0.407 e. The van der Waals surface area contributed by atoms with Crippen LogP contribution in [0.15, 0.2) is 18.5 Å². The van der Waals surface area contributed by atoms with Gasteiger partial charge < -0.3 is 15.0 Å². The second kappa shape index (κ2) is 5.19. The number of H-pyrrole nitrogens is 1. The normalized spacial score (nSPS) is 21.0. The van der Waals surface area contributed by atoms with Gasteiger partial charge in [0.25, 0.3) is 0 Å². The van der Waals surface area contributed by atoms with E-state index in [1.807, 2.05) is 37.4 Å². The summed E-state index contributed by atoms with van der Waals surface area (Å²) >= 11 is 0. The predicted molar refractivity (Wildman–Crippen MR) is 87.8 cm³/mol. The zero-order valence-corrected chi connectivity index (χ0v) is 13.9. The predicted octanol–water partition coefficient (Wildman–Crippen LogP) is 2.38. The summed E-state index contributed by atoms with van der Waals surface area (Å²) in [7, 11) is 0. The first-order valence-corrected chi connectivity index (χ1v) is 8.07. The van der Waals surface area contributed by atoms with Gasteiger partial charge in [-0.15, -0.1) is 10.2 Å². The summed E-state index contributed by atoms with van der Waals surface area (Å²) in [6.45, 7) is 5.57. The molecule has 1 aliphatic rings. The van der Waals surface area contributed by atoms with E-state index in [4.69, 9.17) is 4.74 Å². The third kappa shape index (κ3) is 2.57. The lowest BCUT2D eigenvalue weighted by Gasteiger charge is -2.35. The molecule has 0 atom stereocenters. The molecule has 0 saturated heterocycles. The molecule has 0 aliphatic heterocycles. The Morgan fingerprint density at radius 3 is 2.92 bits per heavy atom. The minimum absolute atomic E-state index is 0.112. The van der Waals surface area contributed by atoms with Gasteiger partial charge in [0.1, 0.15) is 11.4 Å². The highest BCUT2D eigenvalue weighted by Gasteiger charge is 2.35. The van der Waals surface area contributed by atoms with Crippen LogP contribution < -0.4 is 5.32 Å². The van der Waals surface area contributed by atoms with Crippen LogP contribution in [-0.4, -0.2) is 42.3 Å². The fourth-order valence-corrected chi connectivity index (χ4v) is 3.08. The van der Waals surface area contributed by atoms with Crippen LogP contribution in [0.5, 0.6) is 0 Å². The van der Waals surface area contributed by atoms with E-state index in [1.54, 1.807) is 6.20 Å². The van der Waals surface area contributed by atoms with Crippen LogP contribution >= 0.6 is 0 Å². The van der Waals surface area contributed by atoms with Crippen molar-refractivity contribution in [2.45, 2.75) is 51.2 Å². The van der Waals surface area contributed by atoms with Crippen molar-refractivity contribution in [3.63, 3.8) is 0 Å². The van der Waals surface area contributed by atoms with E-state index in [-0.39, 0.29) is 18.1 Å². The minimum atomic E-state index is -0.483. The van der Waals surface area contributed by atoms with Crippen LogP contribution in [0.2, 0.25) is 0 Å². The molecular formula is C16H20N6O2. The summed E-state index contributed by atoms with van der Waals surface area (Å²) in [4.78, 5) is 19.2. The van der Waals surface area contributed by atoms with E-state index in [9.17, 15) is 4.79 Å². The first-order valence-electron chi connectivity index (χ1n) is 8.07. The van der Waals surface area contributed by atoms with Crippen molar-refractivity contribution in [1.29, 1.82) is 0 Å². The maximum absolute atomic E-state index is 11.8. The molecule has 3 heterocycles. The Labute approximate surface area is 138 Å². The molecule has 0 unspecified atom stereocenters. The fourth-order valence-electron chi connectivity index (χ4n) is 3.08. The molecule has 1 saturated carbocycles.